The van der Waals surface area contributed by atoms with E-state index in [-0.39, 0.29) is 5.91 Å². The number of H-pyrrole nitrogens is 1. The van der Waals surface area contributed by atoms with Gasteiger partial charge in [0.15, 0.2) is 11.0 Å². The SMILES string of the molecule is CC(=O)N1CCC(CCN(CCc2ccc(-c3noc(=O)[nH]3)c(C)c2)c2nc3ccc(C(F)(F)F)cc3s2)CC1. The summed E-state index contributed by atoms with van der Waals surface area (Å²) in [6.45, 7) is 6.39. The number of thiazole rings is 1. The van der Waals surface area contributed by atoms with E-state index in [4.69, 9.17) is 4.98 Å². The van der Waals surface area contributed by atoms with Crippen molar-refractivity contribution in [2.24, 2.45) is 5.92 Å². The van der Waals surface area contributed by atoms with Crippen molar-refractivity contribution in [2.45, 2.75) is 45.7 Å². The lowest BCUT2D eigenvalue weighted by atomic mass is 9.93. The van der Waals surface area contributed by atoms with Crippen LogP contribution in [0.2, 0.25) is 0 Å². The molecule has 0 atom stereocenters. The number of aromatic amines is 1. The van der Waals surface area contributed by atoms with Crippen molar-refractivity contribution in [3.63, 3.8) is 0 Å². The summed E-state index contributed by atoms with van der Waals surface area (Å²) in [6, 6.07) is 9.57. The summed E-state index contributed by atoms with van der Waals surface area (Å²) in [5, 5.41) is 4.46. The third-order valence-corrected chi connectivity index (χ3v) is 8.58. The highest BCUT2D eigenvalue weighted by Gasteiger charge is 2.31. The van der Waals surface area contributed by atoms with Crippen LogP contribution in [0.3, 0.4) is 0 Å². The number of hydrogen-bond donors (Lipinski definition) is 1. The molecule has 1 aliphatic heterocycles. The Kier molecular flexibility index (Phi) is 7.97. The number of rotatable bonds is 8. The number of nitrogens with one attached hydrogen (secondary N) is 1. The molecule has 40 heavy (non-hydrogen) atoms. The topological polar surface area (TPSA) is 95.3 Å². The lowest BCUT2D eigenvalue weighted by molar-refractivity contribution is -0.137. The molecule has 2 aromatic heterocycles. The van der Waals surface area contributed by atoms with Crippen molar-refractivity contribution in [1.29, 1.82) is 0 Å². The highest BCUT2D eigenvalue weighted by Crippen LogP contribution is 2.36. The average molecular weight is 574 g/mol. The van der Waals surface area contributed by atoms with Crippen LogP contribution in [0.4, 0.5) is 18.3 Å². The molecule has 0 aliphatic carbocycles. The number of nitrogens with zero attached hydrogens (tertiary/aromatic N) is 4. The smallest absolute Gasteiger partial charge is 0.348 e. The molecule has 4 aromatic rings. The molecular weight excluding hydrogens is 543 g/mol. The van der Waals surface area contributed by atoms with Crippen LogP contribution in [0.25, 0.3) is 21.6 Å². The van der Waals surface area contributed by atoms with Gasteiger partial charge in [-0.15, -0.1) is 0 Å². The lowest BCUT2D eigenvalue weighted by Crippen LogP contribution is -2.38. The maximum Gasteiger partial charge on any atom is 0.439 e. The van der Waals surface area contributed by atoms with Gasteiger partial charge in [-0.25, -0.2) is 9.78 Å². The van der Waals surface area contributed by atoms with Gasteiger partial charge in [0.05, 0.1) is 15.8 Å². The molecule has 0 radical (unpaired) electrons. The zero-order valence-corrected chi connectivity index (χ0v) is 23.1. The molecule has 1 aliphatic rings. The van der Waals surface area contributed by atoms with Crippen LogP contribution in [0.5, 0.6) is 0 Å². The molecule has 1 saturated heterocycles. The number of anilines is 1. The number of aromatic nitrogens is 3. The molecule has 0 bridgehead atoms. The van der Waals surface area contributed by atoms with E-state index < -0.39 is 17.5 Å². The van der Waals surface area contributed by atoms with Crippen molar-refractivity contribution >= 4 is 32.6 Å². The summed E-state index contributed by atoms with van der Waals surface area (Å²) in [7, 11) is 0. The molecule has 1 fully saturated rings. The van der Waals surface area contributed by atoms with Crippen LogP contribution < -0.4 is 10.7 Å². The Hall–Kier alpha value is -3.67. The quantitative estimate of drug-likeness (QED) is 0.292. The van der Waals surface area contributed by atoms with Gasteiger partial charge in [-0.1, -0.05) is 34.7 Å². The van der Waals surface area contributed by atoms with Crippen LogP contribution in [0.1, 0.15) is 42.9 Å². The summed E-state index contributed by atoms with van der Waals surface area (Å²) in [4.78, 5) is 34.3. The molecule has 1 N–H and O–H groups in total. The average Bonchev–Trinajstić information content (AvgIpc) is 3.54. The van der Waals surface area contributed by atoms with Crippen molar-refractivity contribution in [3.05, 3.63) is 63.6 Å². The first-order valence-corrected chi connectivity index (χ1v) is 14.0. The van der Waals surface area contributed by atoms with Crippen molar-refractivity contribution in [3.8, 4) is 11.4 Å². The predicted octanol–water partition coefficient (Wildman–Crippen LogP) is 5.66. The maximum absolute atomic E-state index is 13.3. The molecular formula is C28H30F3N5O3S. The van der Waals surface area contributed by atoms with Gasteiger partial charge in [0.2, 0.25) is 5.91 Å². The molecule has 12 heteroatoms. The lowest BCUT2D eigenvalue weighted by Gasteiger charge is -2.32. The monoisotopic (exact) mass is 573 g/mol. The minimum atomic E-state index is -4.41. The van der Waals surface area contributed by atoms with Crippen LogP contribution in [0.15, 0.2) is 45.7 Å². The van der Waals surface area contributed by atoms with E-state index >= 15 is 0 Å². The molecule has 3 heterocycles. The van der Waals surface area contributed by atoms with Crippen molar-refractivity contribution in [1.82, 2.24) is 20.0 Å². The number of carbonyl (C=O) groups is 1. The number of benzene rings is 2. The van der Waals surface area contributed by atoms with E-state index in [1.165, 1.54) is 23.5 Å². The van der Waals surface area contributed by atoms with E-state index in [0.717, 1.165) is 55.1 Å². The molecule has 1 amide bonds. The zero-order valence-electron chi connectivity index (χ0n) is 22.3. The van der Waals surface area contributed by atoms with Crippen LogP contribution >= 0.6 is 11.3 Å². The Bertz CT molecular complexity index is 1550. The number of carbonyl (C=O) groups excluding carboxylic acids is 1. The first kappa shape index (κ1) is 27.9. The van der Waals surface area contributed by atoms with Gasteiger partial charge in [0.25, 0.3) is 0 Å². The third kappa shape index (κ3) is 6.38. The highest BCUT2D eigenvalue weighted by molar-refractivity contribution is 7.22. The first-order chi connectivity index (χ1) is 19.1. The summed E-state index contributed by atoms with van der Waals surface area (Å²) in [6.07, 6.45) is -0.925. The Morgan fingerprint density at radius 1 is 1.18 bits per heavy atom. The minimum Gasteiger partial charge on any atom is -0.348 e. The second-order valence-corrected chi connectivity index (χ2v) is 11.3. The van der Waals surface area contributed by atoms with E-state index in [2.05, 4.69) is 19.6 Å². The summed E-state index contributed by atoms with van der Waals surface area (Å²) in [5.74, 6) is 0.331. The van der Waals surface area contributed by atoms with E-state index in [1.807, 2.05) is 30.0 Å². The number of amides is 1. The number of aryl methyl sites for hydroxylation is 1. The van der Waals surface area contributed by atoms with Crippen LogP contribution in [-0.2, 0) is 17.4 Å². The number of likely N-dealkylation sites (tertiary alicyclic amines) is 1. The predicted molar refractivity (Wildman–Crippen MR) is 147 cm³/mol. The van der Waals surface area contributed by atoms with E-state index in [9.17, 15) is 22.8 Å². The Morgan fingerprint density at radius 2 is 1.95 bits per heavy atom. The number of fused-ring (bicyclic) bond motifs is 1. The van der Waals surface area contributed by atoms with Gasteiger partial charge < -0.3 is 9.80 Å². The van der Waals surface area contributed by atoms with Gasteiger partial charge in [-0.3, -0.25) is 14.3 Å². The number of hydrogen-bond acceptors (Lipinski definition) is 7. The first-order valence-electron chi connectivity index (χ1n) is 13.2. The second kappa shape index (κ2) is 11.4. The molecule has 0 unspecified atom stereocenters. The van der Waals surface area contributed by atoms with Crippen molar-refractivity contribution < 1.29 is 22.5 Å². The van der Waals surface area contributed by atoms with Crippen molar-refractivity contribution in [2.75, 3.05) is 31.1 Å². The standard InChI is InChI=1S/C28H30F3N5O3S/c1-17-15-20(3-5-22(17)25-33-27(38)39-34-25)10-14-36(13-9-19-7-11-35(12-8-19)18(2)37)26-32-23-6-4-21(28(29,30)31)16-24(23)40-26/h3-6,15-16,19H,7-14H2,1-2H3,(H,33,34,38). The van der Waals surface area contributed by atoms with Gasteiger partial charge in [-0.2, -0.15) is 13.2 Å². The minimum absolute atomic E-state index is 0.101. The fourth-order valence-corrected chi connectivity index (χ4v) is 6.22. The zero-order chi connectivity index (χ0) is 28.4. The molecule has 0 saturated carbocycles. The van der Waals surface area contributed by atoms with Gasteiger partial charge in [0.1, 0.15) is 0 Å². The van der Waals surface area contributed by atoms with E-state index in [1.54, 1.807) is 6.92 Å². The molecule has 8 nitrogen and oxygen atoms in total. The summed E-state index contributed by atoms with van der Waals surface area (Å²) in [5.41, 5.74) is 2.66. The fraction of sp³-hybridized carbons (Fsp3) is 0.429. The van der Waals surface area contributed by atoms with Gasteiger partial charge in [-0.05, 0) is 67.9 Å². The molecule has 0 spiro atoms. The van der Waals surface area contributed by atoms with Gasteiger partial charge in [0, 0.05) is 38.7 Å². The van der Waals surface area contributed by atoms with E-state index in [0.29, 0.717) is 46.6 Å². The molecule has 2 aromatic carbocycles. The largest absolute Gasteiger partial charge is 0.439 e. The normalized spacial score (nSPS) is 14.7. The number of halogens is 3. The Morgan fingerprint density at radius 3 is 2.60 bits per heavy atom. The number of alkyl halides is 3. The molecule has 5 rings (SSSR count). The number of piperidine rings is 1. The summed E-state index contributed by atoms with van der Waals surface area (Å²) >= 11 is 1.28. The van der Waals surface area contributed by atoms with Crippen LogP contribution in [-0.4, -0.2) is 52.1 Å². The van der Waals surface area contributed by atoms with Crippen LogP contribution in [0, 0.1) is 12.8 Å². The Balaban J connectivity index is 1.33. The van der Waals surface area contributed by atoms with Gasteiger partial charge >= 0.3 is 11.9 Å². The fourth-order valence-electron chi connectivity index (χ4n) is 5.16. The second-order valence-electron chi connectivity index (χ2n) is 10.2. The Labute approximate surface area is 232 Å². The maximum atomic E-state index is 13.3. The third-order valence-electron chi connectivity index (χ3n) is 7.50. The summed E-state index contributed by atoms with van der Waals surface area (Å²) < 4.78 is 45.0. The molecule has 212 valence electrons. The highest BCUT2D eigenvalue weighted by atomic mass is 32.1.